The summed E-state index contributed by atoms with van der Waals surface area (Å²) in [6.07, 6.45) is 10.1. The second-order valence-corrected chi connectivity index (χ2v) is 5.45. The van der Waals surface area contributed by atoms with Crippen molar-refractivity contribution in [2.45, 2.75) is 46.0 Å². The number of pyridine rings is 2. The Labute approximate surface area is 128 Å². The number of aromatic nitrogens is 2. The van der Waals surface area contributed by atoms with E-state index in [0.29, 0.717) is 0 Å². The average molecular weight is 283 g/mol. The summed E-state index contributed by atoms with van der Waals surface area (Å²) >= 11 is 0. The number of rotatable bonds is 8. The molecule has 2 aromatic rings. The van der Waals surface area contributed by atoms with Crippen LogP contribution in [0.5, 0.6) is 0 Å². The number of nitrogens with zero attached hydrogens (tertiary/aromatic N) is 3. The third-order valence-corrected chi connectivity index (χ3v) is 3.59. The molecule has 0 amide bonds. The van der Waals surface area contributed by atoms with Gasteiger partial charge in [-0.2, -0.15) is 0 Å². The highest BCUT2D eigenvalue weighted by atomic mass is 15.2. The first-order valence-electron chi connectivity index (χ1n) is 7.92. The third-order valence-electron chi connectivity index (χ3n) is 3.59. The monoisotopic (exact) mass is 283 g/mol. The van der Waals surface area contributed by atoms with Gasteiger partial charge in [-0.25, -0.2) is 9.97 Å². The van der Waals surface area contributed by atoms with Crippen LogP contribution in [0.4, 0.5) is 11.6 Å². The minimum absolute atomic E-state index is 0.969. The molecule has 2 aromatic heterocycles. The zero-order valence-electron chi connectivity index (χ0n) is 13.1. The van der Waals surface area contributed by atoms with Crippen molar-refractivity contribution >= 4 is 11.6 Å². The van der Waals surface area contributed by atoms with Crippen LogP contribution in [-0.4, -0.2) is 16.5 Å². The Bertz CT molecular complexity index is 525. The summed E-state index contributed by atoms with van der Waals surface area (Å²) in [5.41, 5.74) is 1.23. The SMILES string of the molecule is CCCCCCCN(c1ccccn1)c1cc(C)ccn1. The van der Waals surface area contributed by atoms with E-state index >= 15 is 0 Å². The molecule has 0 N–H and O–H groups in total. The molecule has 3 nitrogen and oxygen atoms in total. The maximum atomic E-state index is 4.52. The van der Waals surface area contributed by atoms with Gasteiger partial charge in [0, 0.05) is 18.9 Å². The fourth-order valence-electron chi connectivity index (χ4n) is 2.40. The van der Waals surface area contributed by atoms with E-state index in [4.69, 9.17) is 0 Å². The van der Waals surface area contributed by atoms with Gasteiger partial charge in [0.2, 0.25) is 0 Å². The molecular weight excluding hydrogens is 258 g/mol. The molecule has 2 heterocycles. The van der Waals surface area contributed by atoms with Crippen LogP contribution >= 0.6 is 0 Å². The molecule has 0 bridgehead atoms. The molecule has 0 aliphatic carbocycles. The molecular formula is C18H25N3. The van der Waals surface area contributed by atoms with Crippen molar-refractivity contribution in [3.05, 3.63) is 48.3 Å². The van der Waals surface area contributed by atoms with Crippen LogP contribution in [0.15, 0.2) is 42.7 Å². The fourth-order valence-corrected chi connectivity index (χ4v) is 2.40. The molecule has 0 saturated carbocycles. The van der Waals surface area contributed by atoms with E-state index in [-0.39, 0.29) is 0 Å². The summed E-state index contributed by atoms with van der Waals surface area (Å²) in [5, 5.41) is 0. The highest BCUT2D eigenvalue weighted by Crippen LogP contribution is 2.22. The van der Waals surface area contributed by atoms with Gasteiger partial charge in [-0.05, 0) is 43.2 Å². The number of unbranched alkanes of at least 4 members (excludes halogenated alkanes) is 4. The lowest BCUT2D eigenvalue weighted by Crippen LogP contribution is -2.20. The first kappa shape index (κ1) is 15.5. The number of aryl methyl sites for hydroxylation is 1. The van der Waals surface area contributed by atoms with Crippen LogP contribution in [0.1, 0.15) is 44.6 Å². The molecule has 3 heteroatoms. The van der Waals surface area contributed by atoms with E-state index in [9.17, 15) is 0 Å². The molecule has 112 valence electrons. The quantitative estimate of drug-likeness (QED) is 0.646. The van der Waals surface area contributed by atoms with Crippen LogP contribution in [0.25, 0.3) is 0 Å². The van der Waals surface area contributed by atoms with Gasteiger partial charge in [-0.1, -0.05) is 38.7 Å². The first-order valence-corrected chi connectivity index (χ1v) is 7.92. The Hall–Kier alpha value is -1.90. The van der Waals surface area contributed by atoms with Gasteiger partial charge in [0.25, 0.3) is 0 Å². The third kappa shape index (κ3) is 4.85. The molecule has 0 atom stereocenters. The highest BCUT2D eigenvalue weighted by molar-refractivity contribution is 5.56. The lowest BCUT2D eigenvalue weighted by Gasteiger charge is -2.23. The van der Waals surface area contributed by atoms with Gasteiger partial charge < -0.3 is 4.90 Å². The van der Waals surface area contributed by atoms with Crippen LogP contribution in [-0.2, 0) is 0 Å². The number of hydrogen-bond acceptors (Lipinski definition) is 3. The van der Waals surface area contributed by atoms with Gasteiger partial charge in [0.1, 0.15) is 11.6 Å². The van der Waals surface area contributed by atoms with Crippen LogP contribution < -0.4 is 4.90 Å². The van der Waals surface area contributed by atoms with Gasteiger partial charge in [0.15, 0.2) is 0 Å². The van der Waals surface area contributed by atoms with Gasteiger partial charge in [-0.3, -0.25) is 0 Å². The molecule has 2 rings (SSSR count). The predicted octanol–water partition coefficient (Wildman–Crippen LogP) is 4.89. The van der Waals surface area contributed by atoms with Crippen molar-refractivity contribution in [3.63, 3.8) is 0 Å². The van der Waals surface area contributed by atoms with E-state index in [1.54, 1.807) is 0 Å². The summed E-state index contributed by atoms with van der Waals surface area (Å²) in [7, 11) is 0. The van der Waals surface area contributed by atoms with E-state index in [0.717, 1.165) is 18.2 Å². The Morgan fingerprint density at radius 3 is 2.43 bits per heavy atom. The lowest BCUT2D eigenvalue weighted by atomic mass is 10.1. The molecule has 0 aliphatic rings. The number of anilines is 2. The van der Waals surface area contributed by atoms with Crippen molar-refractivity contribution in [1.82, 2.24) is 9.97 Å². The zero-order chi connectivity index (χ0) is 14.9. The summed E-state index contributed by atoms with van der Waals surface area (Å²) < 4.78 is 0. The maximum absolute atomic E-state index is 4.52. The van der Waals surface area contributed by atoms with E-state index < -0.39 is 0 Å². The van der Waals surface area contributed by atoms with Crippen LogP contribution in [0.3, 0.4) is 0 Å². The normalized spacial score (nSPS) is 10.6. The Morgan fingerprint density at radius 1 is 0.905 bits per heavy atom. The Morgan fingerprint density at radius 2 is 1.71 bits per heavy atom. The second-order valence-electron chi connectivity index (χ2n) is 5.45. The summed E-state index contributed by atoms with van der Waals surface area (Å²) in [4.78, 5) is 11.2. The van der Waals surface area contributed by atoms with E-state index in [1.165, 1.54) is 37.7 Å². The highest BCUT2D eigenvalue weighted by Gasteiger charge is 2.11. The van der Waals surface area contributed by atoms with Crippen molar-refractivity contribution in [3.8, 4) is 0 Å². The minimum Gasteiger partial charge on any atom is -0.311 e. The molecule has 0 saturated heterocycles. The standard InChI is InChI=1S/C18H25N3/c1-3-4-5-6-9-14-21(17-10-7-8-12-19-17)18-15-16(2)11-13-20-18/h7-8,10-13,15H,3-6,9,14H2,1-2H3. The topological polar surface area (TPSA) is 29.0 Å². The van der Waals surface area contributed by atoms with E-state index in [1.807, 2.05) is 30.6 Å². The summed E-state index contributed by atoms with van der Waals surface area (Å²) in [6, 6.07) is 10.2. The van der Waals surface area contributed by atoms with Crippen LogP contribution in [0.2, 0.25) is 0 Å². The maximum Gasteiger partial charge on any atom is 0.134 e. The molecule has 0 unspecified atom stereocenters. The average Bonchev–Trinajstić information content (AvgIpc) is 2.52. The second kappa shape index (κ2) is 8.40. The molecule has 0 aliphatic heterocycles. The van der Waals surface area contributed by atoms with Crippen molar-refractivity contribution < 1.29 is 0 Å². The Balaban J connectivity index is 2.08. The van der Waals surface area contributed by atoms with Crippen molar-refractivity contribution in [2.24, 2.45) is 0 Å². The molecule has 0 radical (unpaired) electrons. The van der Waals surface area contributed by atoms with Crippen molar-refractivity contribution in [1.29, 1.82) is 0 Å². The molecule has 21 heavy (non-hydrogen) atoms. The molecule has 0 spiro atoms. The predicted molar refractivity (Wildman–Crippen MR) is 89.0 cm³/mol. The summed E-state index contributed by atoms with van der Waals surface area (Å²) in [5.74, 6) is 1.97. The van der Waals surface area contributed by atoms with Crippen LogP contribution in [0, 0.1) is 6.92 Å². The van der Waals surface area contributed by atoms with Gasteiger partial charge in [-0.15, -0.1) is 0 Å². The largest absolute Gasteiger partial charge is 0.311 e. The zero-order valence-corrected chi connectivity index (χ0v) is 13.1. The Kier molecular flexibility index (Phi) is 6.20. The van der Waals surface area contributed by atoms with Crippen molar-refractivity contribution in [2.75, 3.05) is 11.4 Å². The van der Waals surface area contributed by atoms with Gasteiger partial charge in [0.05, 0.1) is 0 Å². The lowest BCUT2D eigenvalue weighted by molar-refractivity contribution is 0.632. The smallest absolute Gasteiger partial charge is 0.134 e. The van der Waals surface area contributed by atoms with E-state index in [2.05, 4.69) is 40.8 Å². The first-order chi connectivity index (χ1) is 10.3. The minimum atomic E-state index is 0.969. The number of hydrogen-bond donors (Lipinski definition) is 0. The molecule has 0 fully saturated rings. The fraction of sp³-hybridized carbons (Fsp3) is 0.444. The summed E-state index contributed by atoms with van der Waals surface area (Å²) in [6.45, 7) is 5.32. The molecule has 0 aromatic carbocycles. The van der Waals surface area contributed by atoms with Gasteiger partial charge >= 0.3 is 0 Å².